The minimum atomic E-state index is 0.0258. The Morgan fingerprint density at radius 2 is 2.26 bits per heavy atom. The van der Waals surface area contributed by atoms with Crippen molar-refractivity contribution in [2.45, 2.75) is 19.9 Å². The van der Waals surface area contributed by atoms with Gasteiger partial charge in [-0.05, 0) is 26.0 Å². The zero-order chi connectivity index (χ0) is 14.3. The Balaban J connectivity index is 2.81. The summed E-state index contributed by atoms with van der Waals surface area (Å²) in [5.41, 5.74) is 5.33. The number of amides is 1. The molecule has 0 saturated heterocycles. The van der Waals surface area contributed by atoms with Crippen molar-refractivity contribution in [2.75, 3.05) is 26.8 Å². The number of hydrogen-bond donors (Lipinski definition) is 1. The van der Waals surface area contributed by atoms with Crippen LogP contribution in [0, 0.1) is 11.8 Å². The molecule has 0 bridgehead atoms. The second kappa shape index (κ2) is 7.95. The molecule has 1 amide bonds. The summed E-state index contributed by atoms with van der Waals surface area (Å²) in [5, 5.41) is 0. The Bertz CT molecular complexity index is 471. The quantitative estimate of drug-likeness (QED) is 0.833. The number of methoxy groups -OCH3 is 1. The van der Waals surface area contributed by atoms with Crippen LogP contribution in [0.5, 0.6) is 0 Å². The van der Waals surface area contributed by atoms with Crippen molar-refractivity contribution in [3.63, 3.8) is 0 Å². The Hall–Kier alpha value is -1.35. The van der Waals surface area contributed by atoms with Gasteiger partial charge in [-0.1, -0.05) is 11.8 Å². The third kappa shape index (κ3) is 4.67. The van der Waals surface area contributed by atoms with Gasteiger partial charge in [-0.2, -0.15) is 0 Å². The molecule has 19 heavy (non-hydrogen) atoms. The summed E-state index contributed by atoms with van der Waals surface area (Å²) in [6, 6.07) is 3.81. The first-order valence-electron chi connectivity index (χ1n) is 6.18. The van der Waals surface area contributed by atoms with Crippen LogP contribution in [0.1, 0.15) is 28.4 Å². The van der Waals surface area contributed by atoms with Gasteiger partial charge in [0.1, 0.15) is 0 Å². The third-order valence-corrected chi connectivity index (χ3v) is 3.54. The number of nitrogens with two attached hydrogens (primary N) is 1. The van der Waals surface area contributed by atoms with E-state index in [0.717, 1.165) is 4.88 Å². The molecule has 0 unspecified atom stereocenters. The second-order valence-electron chi connectivity index (χ2n) is 4.25. The zero-order valence-electron chi connectivity index (χ0n) is 11.6. The van der Waals surface area contributed by atoms with Gasteiger partial charge in [0.05, 0.1) is 22.9 Å². The van der Waals surface area contributed by atoms with Crippen molar-refractivity contribution in [1.82, 2.24) is 4.90 Å². The highest BCUT2D eigenvalue weighted by Crippen LogP contribution is 2.18. The van der Waals surface area contributed by atoms with Crippen molar-refractivity contribution in [2.24, 2.45) is 5.73 Å². The van der Waals surface area contributed by atoms with E-state index in [1.165, 1.54) is 11.3 Å². The highest BCUT2D eigenvalue weighted by atomic mass is 32.1. The standard InChI is InChI=1S/C14H20N2O2S/c1-11(2)16(9-10-18-3)14(17)13-7-6-12(19-13)5-4-8-15/h6-7,11H,8-10,15H2,1-3H3. The molecule has 0 aliphatic rings. The van der Waals surface area contributed by atoms with Gasteiger partial charge in [0, 0.05) is 19.7 Å². The lowest BCUT2D eigenvalue weighted by Gasteiger charge is -2.25. The van der Waals surface area contributed by atoms with Crippen LogP contribution in [-0.2, 0) is 4.74 Å². The van der Waals surface area contributed by atoms with Crippen LogP contribution in [0.3, 0.4) is 0 Å². The molecule has 0 atom stereocenters. The average molecular weight is 280 g/mol. The summed E-state index contributed by atoms with van der Waals surface area (Å²) in [4.78, 5) is 15.8. The average Bonchev–Trinajstić information content (AvgIpc) is 2.85. The van der Waals surface area contributed by atoms with Gasteiger partial charge in [-0.15, -0.1) is 11.3 Å². The summed E-state index contributed by atoms with van der Waals surface area (Å²) in [6.07, 6.45) is 0. The molecular formula is C14H20N2O2S. The number of nitrogens with zero attached hydrogens (tertiary/aromatic N) is 1. The molecular weight excluding hydrogens is 260 g/mol. The van der Waals surface area contributed by atoms with Crippen LogP contribution < -0.4 is 5.73 Å². The van der Waals surface area contributed by atoms with Crippen LogP contribution in [0.25, 0.3) is 0 Å². The van der Waals surface area contributed by atoms with Gasteiger partial charge in [0.2, 0.25) is 0 Å². The fourth-order valence-corrected chi connectivity index (χ4v) is 2.42. The number of rotatable bonds is 5. The number of carbonyl (C=O) groups excluding carboxylic acids is 1. The lowest BCUT2D eigenvalue weighted by atomic mass is 10.3. The molecule has 1 aromatic heterocycles. The first kappa shape index (κ1) is 15.7. The Kier molecular flexibility index (Phi) is 6.57. The molecule has 0 aliphatic carbocycles. The summed E-state index contributed by atoms with van der Waals surface area (Å²) in [6.45, 7) is 5.45. The van der Waals surface area contributed by atoms with Crippen molar-refractivity contribution < 1.29 is 9.53 Å². The minimum Gasteiger partial charge on any atom is -0.383 e. The van der Waals surface area contributed by atoms with Crippen molar-refractivity contribution in [3.05, 3.63) is 21.9 Å². The highest BCUT2D eigenvalue weighted by Gasteiger charge is 2.19. The second-order valence-corrected chi connectivity index (χ2v) is 5.34. The SMILES string of the molecule is COCCN(C(=O)c1ccc(C#CCN)s1)C(C)C. The molecule has 0 aromatic carbocycles. The van der Waals surface area contributed by atoms with E-state index < -0.39 is 0 Å². The fourth-order valence-electron chi connectivity index (χ4n) is 1.58. The normalized spacial score (nSPS) is 10.2. The van der Waals surface area contributed by atoms with Crippen molar-refractivity contribution in [3.8, 4) is 11.8 Å². The number of thiophene rings is 1. The predicted molar refractivity (Wildman–Crippen MR) is 78.3 cm³/mol. The van der Waals surface area contributed by atoms with Gasteiger partial charge in [-0.25, -0.2) is 0 Å². The van der Waals surface area contributed by atoms with Crippen molar-refractivity contribution >= 4 is 17.2 Å². The van der Waals surface area contributed by atoms with Gasteiger partial charge in [0.25, 0.3) is 5.91 Å². The minimum absolute atomic E-state index is 0.0258. The smallest absolute Gasteiger partial charge is 0.264 e. The maximum atomic E-state index is 12.4. The van der Waals surface area contributed by atoms with Gasteiger partial charge in [0.15, 0.2) is 0 Å². The van der Waals surface area contributed by atoms with E-state index in [-0.39, 0.29) is 11.9 Å². The molecule has 4 nitrogen and oxygen atoms in total. The Morgan fingerprint density at radius 1 is 1.53 bits per heavy atom. The molecule has 0 saturated carbocycles. The van der Waals surface area contributed by atoms with E-state index in [1.807, 2.05) is 26.0 Å². The maximum Gasteiger partial charge on any atom is 0.264 e. The lowest BCUT2D eigenvalue weighted by molar-refractivity contribution is 0.0640. The van der Waals surface area contributed by atoms with E-state index in [9.17, 15) is 4.79 Å². The van der Waals surface area contributed by atoms with E-state index in [1.54, 1.807) is 12.0 Å². The summed E-state index contributed by atoms with van der Waals surface area (Å²) >= 11 is 1.40. The molecule has 0 fully saturated rings. The first-order chi connectivity index (χ1) is 9.10. The molecule has 0 aliphatic heterocycles. The summed E-state index contributed by atoms with van der Waals surface area (Å²) in [7, 11) is 1.63. The van der Waals surface area contributed by atoms with Crippen LogP contribution in [-0.4, -0.2) is 43.7 Å². The molecule has 1 aromatic rings. The topological polar surface area (TPSA) is 55.6 Å². The lowest BCUT2D eigenvalue weighted by Crippen LogP contribution is -2.38. The van der Waals surface area contributed by atoms with E-state index in [4.69, 9.17) is 10.5 Å². The molecule has 0 spiro atoms. The van der Waals surface area contributed by atoms with Crippen LogP contribution in [0.2, 0.25) is 0 Å². The largest absolute Gasteiger partial charge is 0.383 e. The number of ether oxygens (including phenoxy) is 1. The van der Waals surface area contributed by atoms with Crippen molar-refractivity contribution in [1.29, 1.82) is 0 Å². The maximum absolute atomic E-state index is 12.4. The molecule has 2 N–H and O–H groups in total. The number of hydrogen-bond acceptors (Lipinski definition) is 4. The monoisotopic (exact) mass is 280 g/mol. The first-order valence-corrected chi connectivity index (χ1v) is 7.00. The summed E-state index contributed by atoms with van der Waals surface area (Å²) in [5.74, 6) is 5.75. The van der Waals surface area contributed by atoms with E-state index in [0.29, 0.717) is 24.6 Å². The summed E-state index contributed by atoms with van der Waals surface area (Å²) < 4.78 is 5.04. The molecule has 104 valence electrons. The highest BCUT2D eigenvalue weighted by molar-refractivity contribution is 7.14. The zero-order valence-corrected chi connectivity index (χ0v) is 12.4. The molecule has 5 heteroatoms. The Morgan fingerprint density at radius 3 is 2.84 bits per heavy atom. The third-order valence-electron chi connectivity index (χ3n) is 2.55. The fraction of sp³-hybridized carbons (Fsp3) is 0.500. The van der Waals surface area contributed by atoms with Crippen LogP contribution in [0.4, 0.5) is 0 Å². The molecule has 0 radical (unpaired) electrons. The predicted octanol–water partition coefficient (Wildman–Crippen LogP) is 1.56. The van der Waals surface area contributed by atoms with Gasteiger partial charge < -0.3 is 15.4 Å². The van der Waals surface area contributed by atoms with Gasteiger partial charge in [-0.3, -0.25) is 4.79 Å². The number of carbonyl (C=O) groups is 1. The van der Waals surface area contributed by atoms with E-state index >= 15 is 0 Å². The van der Waals surface area contributed by atoms with Crippen LogP contribution in [0.15, 0.2) is 12.1 Å². The van der Waals surface area contributed by atoms with Gasteiger partial charge >= 0.3 is 0 Å². The molecule has 1 heterocycles. The Labute approximate surface area is 118 Å². The van der Waals surface area contributed by atoms with Crippen LogP contribution >= 0.6 is 11.3 Å². The molecule has 1 rings (SSSR count). The van der Waals surface area contributed by atoms with E-state index in [2.05, 4.69) is 11.8 Å².